The summed E-state index contributed by atoms with van der Waals surface area (Å²) in [5, 5.41) is 17.3. The first-order chi connectivity index (χ1) is 14.7. The summed E-state index contributed by atoms with van der Waals surface area (Å²) < 4.78 is 11.0. The van der Waals surface area contributed by atoms with Crippen LogP contribution in [0.1, 0.15) is 26.3 Å². The first kappa shape index (κ1) is 23.3. The number of nitrogens with two attached hydrogens (primary N) is 1. The summed E-state index contributed by atoms with van der Waals surface area (Å²) in [6.45, 7) is 7.71. The predicted octanol–water partition coefficient (Wildman–Crippen LogP) is 4.32. The molecule has 0 aliphatic carbocycles. The van der Waals surface area contributed by atoms with Gasteiger partial charge in [-0.15, -0.1) is 0 Å². The fourth-order valence-corrected chi connectivity index (χ4v) is 3.32. The Hall–Kier alpha value is -2.39. The van der Waals surface area contributed by atoms with Gasteiger partial charge in [-0.3, -0.25) is 0 Å². The van der Waals surface area contributed by atoms with Crippen molar-refractivity contribution in [3.63, 3.8) is 0 Å². The Morgan fingerprint density at radius 1 is 1.16 bits per heavy atom. The standard InChI is InChI=1S/C21H25Cl2N5O3/c1-10(2)26-19-11(3)5-14(8-25-19)21-27-20(28-31-21)13-6-15(22)18(16(23)7-13)30-9-17(24)12(4)29/h5-8,10,12,17,29H,9,24H2,1-4H3,(H,25,26)/t12-,17+/m1/s1. The lowest BCUT2D eigenvalue weighted by molar-refractivity contribution is 0.131. The minimum absolute atomic E-state index is 0.0663. The summed E-state index contributed by atoms with van der Waals surface area (Å²) >= 11 is 12.7. The summed E-state index contributed by atoms with van der Waals surface area (Å²) in [6.07, 6.45) is 0.958. The van der Waals surface area contributed by atoms with Crippen molar-refractivity contribution in [1.29, 1.82) is 0 Å². The Bertz CT molecular complexity index is 1030. The third kappa shape index (κ3) is 5.65. The molecule has 0 aliphatic rings. The van der Waals surface area contributed by atoms with Crippen LogP contribution in [-0.4, -0.2) is 45.0 Å². The van der Waals surface area contributed by atoms with E-state index >= 15 is 0 Å². The quantitative estimate of drug-likeness (QED) is 0.449. The molecule has 0 unspecified atom stereocenters. The minimum atomic E-state index is -0.720. The molecule has 1 aromatic carbocycles. The largest absolute Gasteiger partial charge is 0.489 e. The van der Waals surface area contributed by atoms with Crippen molar-refractivity contribution in [1.82, 2.24) is 15.1 Å². The first-order valence-corrected chi connectivity index (χ1v) is 10.5. The van der Waals surface area contributed by atoms with E-state index in [-0.39, 0.29) is 28.4 Å². The van der Waals surface area contributed by atoms with E-state index < -0.39 is 12.1 Å². The summed E-state index contributed by atoms with van der Waals surface area (Å²) in [6, 6.07) is 4.90. The lowest BCUT2D eigenvalue weighted by Gasteiger charge is -2.17. The number of rotatable bonds is 8. The topological polar surface area (TPSA) is 119 Å². The van der Waals surface area contributed by atoms with Crippen LogP contribution in [-0.2, 0) is 0 Å². The number of nitrogens with zero attached hydrogens (tertiary/aromatic N) is 3. The average molecular weight is 466 g/mol. The van der Waals surface area contributed by atoms with Crippen LogP contribution in [0.3, 0.4) is 0 Å². The van der Waals surface area contributed by atoms with Gasteiger partial charge < -0.3 is 25.4 Å². The van der Waals surface area contributed by atoms with E-state index in [1.807, 2.05) is 26.8 Å². The smallest absolute Gasteiger partial charge is 0.259 e. The van der Waals surface area contributed by atoms with Crippen LogP contribution in [0, 0.1) is 6.92 Å². The summed E-state index contributed by atoms with van der Waals surface area (Å²) in [7, 11) is 0. The van der Waals surface area contributed by atoms with E-state index in [0.717, 1.165) is 11.4 Å². The van der Waals surface area contributed by atoms with Crippen molar-refractivity contribution in [3.05, 3.63) is 40.0 Å². The van der Waals surface area contributed by atoms with Crippen molar-refractivity contribution >= 4 is 29.0 Å². The lowest BCUT2D eigenvalue weighted by atomic mass is 10.2. The Balaban J connectivity index is 1.82. The zero-order chi connectivity index (χ0) is 22.7. The molecule has 8 nitrogen and oxygen atoms in total. The maximum atomic E-state index is 9.49. The molecule has 0 amide bonds. The number of ether oxygens (including phenoxy) is 1. The van der Waals surface area contributed by atoms with Gasteiger partial charge >= 0.3 is 0 Å². The van der Waals surface area contributed by atoms with Crippen LogP contribution in [0.25, 0.3) is 22.8 Å². The van der Waals surface area contributed by atoms with Gasteiger partial charge in [0.05, 0.1) is 27.8 Å². The molecule has 166 valence electrons. The normalized spacial score (nSPS) is 13.3. The maximum Gasteiger partial charge on any atom is 0.259 e. The van der Waals surface area contributed by atoms with E-state index in [1.54, 1.807) is 25.3 Å². The second kappa shape index (κ2) is 9.82. The highest BCUT2D eigenvalue weighted by Gasteiger charge is 2.18. The molecule has 2 aromatic heterocycles. The Kier molecular flexibility index (Phi) is 7.38. The summed E-state index contributed by atoms with van der Waals surface area (Å²) in [5.74, 6) is 1.74. The number of anilines is 1. The highest BCUT2D eigenvalue weighted by Crippen LogP contribution is 2.37. The molecule has 2 atom stereocenters. The second-order valence-electron chi connectivity index (χ2n) is 7.60. The Morgan fingerprint density at radius 3 is 2.42 bits per heavy atom. The third-order valence-electron chi connectivity index (χ3n) is 4.47. The van der Waals surface area contributed by atoms with Gasteiger partial charge in [0.2, 0.25) is 5.82 Å². The van der Waals surface area contributed by atoms with E-state index in [9.17, 15) is 5.11 Å². The molecule has 3 rings (SSSR count). The number of halogens is 2. The van der Waals surface area contributed by atoms with Gasteiger partial charge in [0.15, 0.2) is 5.75 Å². The van der Waals surface area contributed by atoms with Gasteiger partial charge in [0.1, 0.15) is 12.4 Å². The number of hydrogen-bond donors (Lipinski definition) is 3. The van der Waals surface area contributed by atoms with Crippen LogP contribution in [0.5, 0.6) is 5.75 Å². The molecule has 0 saturated heterocycles. The van der Waals surface area contributed by atoms with Crippen molar-refractivity contribution in [2.24, 2.45) is 5.73 Å². The molecule has 4 N–H and O–H groups in total. The molecule has 0 spiro atoms. The van der Waals surface area contributed by atoms with Crippen LogP contribution in [0.15, 0.2) is 28.9 Å². The lowest BCUT2D eigenvalue weighted by Crippen LogP contribution is -2.38. The molecular weight excluding hydrogens is 441 g/mol. The second-order valence-corrected chi connectivity index (χ2v) is 8.41. The predicted molar refractivity (Wildman–Crippen MR) is 122 cm³/mol. The molecule has 10 heteroatoms. The van der Waals surface area contributed by atoms with Gasteiger partial charge in [-0.1, -0.05) is 28.4 Å². The van der Waals surface area contributed by atoms with E-state index in [4.69, 9.17) is 38.2 Å². The van der Waals surface area contributed by atoms with E-state index in [0.29, 0.717) is 22.8 Å². The van der Waals surface area contributed by atoms with Crippen molar-refractivity contribution in [2.45, 2.75) is 45.9 Å². The van der Waals surface area contributed by atoms with E-state index in [2.05, 4.69) is 20.4 Å². The van der Waals surface area contributed by atoms with Crippen molar-refractivity contribution in [3.8, 4) is 28.6 Å². The minimum Gasteiger partial charge on any atom is -0.489 e. The highest BCUT2D eigenvalue weighted by atomic mass is 35.5. The first-order valence-electron chi connectivity index (χ1n) is 9.78. The highest BCUT2D eigenvalue weighted by molar-refractivity contribution is 6.37. The molecular formula is C21H25Cl2N5O3. The van der Waals surface area contributed by atoms with Crippen LogP contribution in [0.4, 0.5) is 5.82 Å². The van der Waals surface area contributed by atoms with Crippen LogP contribution in [0.2, 0.25) is 10.0 Å². The molecule has 0 saturated carbocycles. The summed E-state index contributed by atoms with van der Waals surface area (Å²) in [4.78, 5) is 8.88. The Morgan fingerprint density at radius 2 is 1.84 bits per heavy atom. The van der Waals surface area contributed by atoms with Gasteiger partial charge in [0, 0.05) is 17.8 Å². The molecule has 0 radical (unpaired) electrons. The fraction of sp³-hybridized carbons (Fsp3) is 0.381. The van der Waals surface area contributed by atoms with Crippen LogP contribution >= 0.6 is 23.2 Å². The number of benzene rings is 1. The van der Waals surface area contributed by atoms with Crippen LogP contribution < -0.4 is 15.8 Å². The number of aromatic nitrogens is 3. The Labute approximate surface area is 190 Å². The number of hydrogen-bond acceptors (Lipinski definition) is 8. The van der Waals surface area contributed by atoms with Crippen molar-refractivity contribution in [2.75, 3.05) is 11.9 Å². The van der Waals surface area contributed by atoms with Gasteiger partial charge in [-0.05, 0) is 51.5 Å². The number of aliphatic hydroxyl groups is 1. The zero-order valence-electron chi connectivity index (χ0n) is 17.7. The van der Waals surface area contributed by atoms with Gasteiger partial charge in [0.25, 0.3) is 5.89 Å². The number of aryl methyl sites for hydroxylation is 1. The fourth-order valence-electron chi connectivity index (χ4n) is 2.72. The summed E-state index contributed by atoms with van der Waals surface area (Å²) in [5.41, 5.74) is 8.02. The molecule has 31 heavy (non-hydrogen) atoms. The molecule has 0 fully saturated rings. The molecule has 0 aliphatic heterocycles. The zero-order valence-corrected chi connectivity index (χ0v) is 19.2. The van der Waals surface area contributed by atoms with E-state index in [1.165, 1.54) is 0 Å². The average Bonchev–Trinajstić information content (AvgIpc) is 3.18. The van der Waals surface area contributed by atoms with Gasteiger partial charge in [-0.2, -0.15) is 4.98 Å². The van der Waals surface area contributed by atoms with Crippen molar-refractivity contribution < 1.29 is 14.4 Å². The maximum absolute atomic E-state index is 9.49. The molecule has 0 bridgehead atoms. The number of pyridine rings is 1. The number of aliphatic hydroxyl groups excluding tert-OH is 1. The molecule has 2 heterocycles. The third-order valence-corrected chi connectivity index (χ3v) is 5.03. The van der Waals surface area contributed by atoms with Gasteiger partial charge in [-0.25, -0.2) is 4.98 Å². The number of nitrogens with one attached hydrogen (secondary N) is 1. The monoisotopic (exact) mass is 465 g/mol. The molecule has 3 aromatic rings. The SMILES string of the molecule is Cc1cc(-c2nc(-c3cc(Cl)c(OC[C@H](N)[C@@H](C)O)c(Cl)c3)no2)cnc1NC(C)C.